The molecule has 0 aliphatic carbocycles. The standard InChI is InChI=1S/C15H14F2N2O3S/c1-10-8-13(6-7-14(10)17)23(21,22)18-9-15(20)19-12-4-2-11(16)3-5-12/h2-8,18H,9H2,1H3,(H,19,20). The maximum atomic E-state index is 13.2. The monoisotopic (exact) mass is 340 g/mol. The van der Waals surface area contributed by atoms with Crippen LogP contribution >= 0.6 is 0 Å². The molecule has 0 aromatic heterocycles. The molecule has 0 unspecified atom stereocenters. The van der Waals surface area contributed by atoms with Crippen molar-refractivity contribution in [1.29, 1.82) is 0 Å². The predicted molar refractivity (Wildman–Crippen MR) is 81.4 cm³/mol. The molecule has 0 radical (unpaired) electrons. The summed E-state index contributed by atoms with van der Waals surface area (Å²) in [6.45, 7) is 0.936. The summed E-state index contributed by atoms with van der Waals surface area (Å²) in [5, 5.41) is 2.42. The van der Waals surface area contributed by atoms with Gasteiger partial charge in [0, 0.05) is 5.69 Å². The van der Waals surface area contributed by atoms with E-state index in [-0.39, 0.29) is 10.5 Å². The molecule has 1 amide bonds. The zero-order valence-electron chi connectivity index (χ0n) is 12.1. The molecule has 122 valence electrons. The van der Waals surface area contributed by atoms with Gasteiger partial charge in [-0.15, -0.1) is 0 Å². The van der Waals surface area contributed by atoms with E-state index in [1.165, 1.54) is 37.3 Å². The lowest BCUT2D eigenvalue weighted by Gasteiger charge is -2.08. The van der Waals surface area contributed by atoms with Crippen LogP contribution in [0.1, 0.15) is 5.56 Å². The van der Waals surface area contributed by atoms with Crippen LogP contribution in [0.15, 0.2) is 47.4 Å². The molecule has 5 nitrogen and oxygen atoms in total. The molecular formula is C15H14F2N2O3S. The summed E-state index contributed by atoms with van der Waals surface area (Å²) in [5.41, 5.74) is 0.525. The van der Waals surface area contributed by atoms with Crippen LogP contribution in [0.25, 0.3) is 0 Å². The zero-order chi connectivity index (χ0) is 17.0. The van der Waals surface area contributed by atoms with E-state index in [4.69, 9.17) is 0 Å². The summed E-state index contributed by atoms with van der Waals surface area (Å²) in [6.07, 6.45) is 0. The average Bonchev–Trinajstić information content (AvgIpc) is 2.50. The Morgan fingerprint density at radius 1 is 1.09 bits per heavy atom. The molecule has 0 aliphatic heterocycles. The van der Waals surface area contributed by atoms with Gasteiger partial charge in [-0.2, -0.15) is 0 Å². The van der Waals surface area contributed by atoms with Crippen LogP contribution in [0, 0.1) is 18.6 Å². The van der Waals surface area contributed by atoms with Crippen LogP contribution in [0.4, 0.5) is 14.5 Å². The molecule has 0 spiro atoms. The van der Waals surface area contributed by atoms with Gasteiger partial charge in [-0.3, -0.25) is 4.79 Å². The van der Waals surface area contributed by atoms with Crippen molar-refractivity contribution in [3.63, 3.8) is 0 Å². The van der Waals surface area contributed by atoms with Gasteiger partial charge in [0.1, 0.15) is 11.6 Å². The van der Waals surface area contributed by atoms with Crippen LogP contribution in [0.2, 0.25) is 0 Å². The SMILES string of the molecule is Cc1cc(S(=O)(=O)NCC(=O)Nc2ccc(F)cc2)ccc1F. The van der Waals surface area contributed by atoms with Crippen molar-refractivity contribution in [3.05, 3.63) is 59.7 Å². The van der Waals surface area contributed by atoms with Gasteiger partial charge in [0.25, 0.3) is 0 Å². The minimum atomic E-state index is -3.93. The van der Waals surface area contributed by atoms with Gasteiger partial charge in [-0.1, -0.05) is 0 Å². The third kappa shape index (κ3) is 4.57. The van der Waals surface area contributed by atoms with Crippen molar-refractivity contribution < 1.29 is 22.0 Å². The van der Waals surface area contributed by atoms with Crippen molar-refractivity contribution in [2.24, 2.45) is 0 Å². The van der Waals surface area contributed by atoms with Crippen molar-refractivity contribution in [2.75, 3.05) is 11.9 Å². The molecular weight excluding hydrogens is 326 g/mol. The van der Waals surface area contributed by atoms with Crippen LogP contribution in [0.3, 0.4) is 0 Å². The summed E-state index contributed by atoms with van der Waals surface area (Å²) in [6, 6.07) is 8.37. The Balaban J connectivity index is 1.99. The van der Waals surface area contributed by atoms with Crippen molar-refractivity contribution >= 4 is 21.6 Å². The van der Waals surface area contributed by atoms with E-state index in [9.17, 15) is 22.0 Å². The lowest BCUT2D eigenvalue weighted by Crippen LogP contribution is -2.33. The van der Waals surface area contributed by atoms with E-state index in [1.807, 2.05) is 0 Å². The number of halogens is 2. The first kappa shape index (κ1) is 17.0. The quantitative estimate of drug-likeness (QED) is 0.876. The molecule has 2 aromatic rings. The Morgan fingerprint density at radius 3 is 2.35 bits per heavy atom. The van der Waals surface area contributed by atoms with Crippen molar-refractivity contribution in [3.8, 4) is 0 Å². The molecule has 0 bridgehead atoms. The van der Waals surface area contributed by atoms with E-state index in [1.54, 1.807) is 0 Å². The summed E-state index contributed by atoms with van der Waals surface area (Å²) < 4.78 is 52.1. The lowest BCUT2D eigenvalue weighted by atomic mass is 10.2. The van der Waals surface area contributed by atoms with E-state index in [2.05, 4.69) is 10.0 Å². The number of aryl methyl sites for hydroxylation is 1. The molecule has 0 saturated heterocycles. The number of rotatable bonds is 5. The van der Waals surface area contributed by atoms with Crippen LogP contribution in [-0.2, 0) is 14.8 Å². The molecule has 8 heteroatoms. The Bertz CT molecular complexity index is 821. The summed E-state index contributed by atoms with van der Waals surface area (Å²) in [5.74, 6) is -1.58. The number of hydrogen-bond acceptors (Lipinski definition) is 3. The van der Waals surface area contributed by atoms with Gasteiger partial charge in [-0.05, 0) is 55.0 Å². The molecule has 0 saturated carbocycles. The van der Waals surface area contributed by atoms with Gasteiger partial charge in [-0.25, -0.2) is 21.9 Å². The van der Waals surface area contributed by atoms with Gasteiger partial charge in [0.15, 0.2) is 0 Å². The number of carbonyl (C=O) groups excluding carboxylic acids is 1. The van der Waals surface area contributed by atoms with E-state index < -0.39 is 34.1 Å². The normalized spacial score (nSPS) is 11.3. The van der Waals surface area contributed by atoms with Crippen LogP contribution < -0.4 is 10.0 Å². The Morgan fingerprint density at radius 2 is 1.74 bits per heavy atom. The zero-order valence-corrected chi connectivity index (χ0v) is 13.0. The van der Waals surface area contributed by atoms with E-state index in [0.29, 0.717) is 5.69 Å². The number of hydrogen-bond donors (Lipinski definition) is 2. The Hall–Kier alpha value is -2.32. The highest BCUT2D eigenvalue weighted by molar-refractivity contribution is 7.89. The molecule has 0 aliphatic rings. The van der Waals surface area contributed by atoms with Gasteiger partial charge in [0.05, 0.1) is 11.4 Å². The van der Waals surface area contributed by atoms with Crippen LogP contribution in [-0.4, -0.2) is 20.9 Å². The average molecular weight is 340 g/mol. The van der Waals surface area contributed by atoms with E-state index >= 15 is 0 Å². The molecule has 23 heavy (non-hydrogen) atoms. The second-order valence-corrected chi connectivity index (χ2v) is 6.56. The fraction of sp³-hybridized carbons (Fsp3) is 0.133. The highest BCUT2D eigenvalue weighted by atomic mass is 32.2. The number of sulfonamides is 1. The molecule has 2 rings (SSSR count). The number of anilines is 1. The molecule has 2 N–H and O–H groups in total. The van der Waals surface area contributed by atoms with Crippen molar-refractivity contribution in [2.45, 2.75) is 11.8 Å². The summed E-state index contributed by atoms with van der Waals surface area (Å²) in [4.78, 5) is 11.6. The lowest BCUT2D eigenvalue weighted by molar-refractivity contribution is -0.115. The highest BCUT2D eigenvalue weighted by Gasteiger charge is 2.16. The largest absolute Gasteiger partial charge is 0.325 e. The number of carbonyl (C=O) groups is 1. The molecule has 2 aromatic carbocycles. The van der Waals surface area contributed by atoms with Gasteiger partial charge >= 0.3 is 0 Å². The Kier molecular flexibility index (Phi) is 5.07. The van der Waals surface area contributed by atoms with Gasteiger partial charge < -0.3 is 5.32 Å². The third-order valence-corrected chi connectivity index (χ3v) is 4.39. The minimum Gasteiger partial charge on any atom is -0.325 e. The fourth-order valence-corrected chi connectivity index (χ4v) is 2.83. The summed E-state index contributed by atoms with van der Waals surface area (Å²) in [7, 11) is -3.93. The topological polar surface area (TPSA) is 75.3 Å². The maximum absolute atomic E-state index is 13.2. The first-order valence-corrected chi connectivity index (χ1v) is 8.07. The fourth-order valence-electron chi connectivity index (χ4n) is 1.77. The predicted octanol–water partition coefficient (Wildman–Crippen LogP) is 2.19. The summed E-state index contributed by atoms with van der Waals surface area (Å²) >= 11 is 0. The first-order valence-electron chi connectivity index (χ1n) is 6.59. The molecule has 0 atom stereocenters. The number of nitrogens with one attached hydrogen (secondary N) is 2. The second-order valence-electron chi connectivity index (χ2n) is 4.79. The number of amides is 1. The smallest absolute Gasteiger partial charge is 0.241 e. The van der Waals surface area contributed by atoms with Crippen molar-refractivity contribution in [1.82, 2.24) is 4.72 Å². The highest BCUT2D eigenvalue weighted by Crippen LogP contribution is 2.14. The second kappa shape index (κ2) is 6.84. The minimum absolute atomic E-state index is 0.133. The number of benzene rings is 2. The Labute approximate surface area is 132 Å². The first-order chi connectivity index (χ1) is 10.8. The molecule has 0 fully saturated rings. The third-order valence-electron chi connectivity index (χ3n) is 2.99. The molecule has 0 heterocycles. The van der Waals surface area contributed by atoms with Gasteiger partial charge in [0.2, 0.25) is 15.9 Å². The van der Waals surface area contributed by atoms with Crippen LogP contribution in [0.5, 0.6) is 0 Å². The van der Waals surface area contributed by atoms with E-state index in [0.717, 1.165) is 12.1 Å². The maximum Gasteiger partial charge on any atom is 0.241 e.